The van der Waals surface area contributed by atoms with Crippen LogP contribution in [0.1, 0.15) is 39.3 Å². The van der Waals surface area contributed by atoms with Crippen molar-refractivity contribution in [3.8, 4) is 5.75 Å². The number of rotatable bonds is 6. The fourth-order valence-electron chi connectivity index (χ4n) is 2.21. The number of phenols is 1. The second-order valence-electron chi connectivity index (χ2n) is 4.83. The molecular weight excluding hydrogens is 259 g/mol. The van der Waals surface area contributed by atoms with Gasteiger partial charge in [-0.3, -0.25) is 10.1 Å². The molecule has 1 aromatic rings. The summed E-state index contributed by atoms with van der Waals surface area (Å²) in [6, 6.07) is 3.33. The molecule has 2 N–H and O–H groups in total. The number of amides is 1. The predicted octanol–water partition coefficient (Wildman–Crippen LogP) is 2.44. The highest BCUT2D eigenvalue weighted by Gasteiger charge is 2.21. The van der Waals surface area contributed by atoms with Gasteiger partial charge in [0.25, 0.3) is 0 Å². The molecular formula is C15H23FN2O2. The number of nitrogens with one attached hydrogen (secondary N) is 1. The lowest BCUT2D eigenvalue weighted by Crippen LogP contribution is -2.45. The Kier molecular flexibility index (Phi) is 5.95. The van der Waals surface area contributed by atoms with Crippen molar-refractivity contribution < 1.29 is 14.3 Å². The first-order valence-electron chi connectivity index (χ1n) is 6.93. The minimum Gasteiger partial charge on any atom is -0.508 e. The Morgan fingerprint density at radius 3 is 2.45 bits per heavy atom. The van der Waals surface area contributed by atoms with Crippen molar-refractivity contribution in [2.75, 3.05) is 13.1 Å². The summed E-state index contributed by atoms with van der Waals surface area (Å²) in [5.41, 5.74) is 0.432. The molecule has 0 aromatic heterocycles. The standard InChI is InChI=1S/C15H23FN2O2/c1-5-18(6-2)15(20)11(4)17-10(3)13-8-7-12(19)9-14(13)16/h7-11,17,19H,5-6H2,1-4H3. The van der Waals surface area contributed by atoms with Gasteiger partial charge in [-0.25, -0.2) is 4.39 Å². The smallest absolute Gasteiger partial charge is 0.239 e. The Bertz CT molecular complexity index is 461. The molecule has 0 fully saturated rings. The maximum atomic E-state index is 13.7. The van der Waals surface area contributed by atoms with Crippen LogP contribution in [0.2, 0.25) is 0 Å². The Labute approximate surface area is 119 Å². The fraction of sp³-hybridized carbons (Fsp3) is 0.533. The van der Waals surface area contributed by atoms with Crippen molar-refractivity contribution in [1.29, 1.82) is 0 Å². The van der Waals surface area contributed by atoms with Gasteiger partial charge in [0.1, 0.15) is 11.6 Å². The number of hydrogen-bond donors (Lipinski definition) is 2. The lowest BCUT2D eigenvalue weighted by atomic mass is 10.1. The van der Waals surface area contributed by atoms with Gasteiger partial charge < -0.3 is 10.0 Å². The van der Waals surface area contributed by atoms with Gasteiger partial charge in [0.2, 0.25) is 5.91 Å². The third-order valence-corrected chi connectivity index (χ3v) is 3.40. The SMILES string of the molecule is CCN(CC)C(=O)C(C)NC(C)c1ccc(O)cc1F. The first-order valence-corrected chi connectivity index (χ1v) is 6.93. The summed E-state index contributed by atoms with van der Waals surface area (Å²) in [5, 5.41) is 12.3. The van der Waals surface area contributed by atoms with E-state index in [1.165, 1.54) is 12.1 Å². The van der Waals surface area contributed by atoms with E-state index in [0.717, 1.165) is 6.07 Å². The van der Waals surface area contributed by atoms with Crippen LogP contribution in [0.15, 0.2) is 18.2 Å². The number of aromatic hydroxyl groups is 1. The van der Waals surface area contributed by atoms with Crippen LogP contribution >= 0.6 is 0 Å². The van der Waals surface area contributed by atoms with Crippen molar-refractivity contribution in [2.45, 2.75) is 39.8 Å². The van der Waals surface area contributed by atoms with Crippen LogP contribution in [0.3, 0.4) is 0 Å². The zero-order chi connectivity index (χ0) is 15.3. The van der Waals surface area contributed by atoms with E-state index in [0.29, 0.717) is 18.7 Å². The lowest BCUT2D eigenvalue weighted by molar-refractivity contribution is -0.132. The molecule has 1 aromatic carbocycles. The number of benzene rings is 1. The molecule has 0 radical (unpaired) electrons. The van der Waals surface area contributed by atoms with E-state index in [4.69, 9.17) is 0 Å². The second-order valence-corrected chi connectivity index (χ2v) is 4.83. The van der Waals surface area contributed by atoms with E-state index >= 15 is 0 Å². The van der Waals surface area contributed by atoms with E-state index in [1.807, 2.05) is 13.8 Å². The summed E-state index contributed by atoms with van der Waals surface area (Å²) in [5.74, 6) is -0.584. The minimum absolute atomic E-state index is 0.000960. The number of phenolic OH excluding ortho intramolecular Hbond substituents is 1. The normalized spacial score (nSPS) is 13.8. The molecule has 0 saturated heterocycles. The van der Waals surface area contributed by atoms with E-state index in [9.17, 15) is 14.3 Å². The average molecular weight is 282 g/mol. The summed E-state index contributed by atoms with van der Waals surface area (Å²) in [7, 11) is 0. The molecule has 4 nitrogen and oxygen atoms in total. The first kappa shape index (κ1) is 16.4. The summed E-state index contributed by atoms with van der Waals surface area (Å²) in [6.45, 7) is 8.73. The highest BCUT2D eigenvalue weighted by Crippen LogP contribution is 2.21. The minimum atomic E-state index is -0.479. The summed E-state index contributed by atoms with van der Waals surface area (Å²) in [6.07, 6.45) is 0. The van der Waals surface area contributed by atoms with Gasteiger partial charge in [0.05, 0.1) is 6.04 Å². The zero-order valence-electron chi connectivity index (χ0n) is 12.5. The van der Waals surface area contributed by atoms with E-state index in [2.05, 4.69) is 5.32 Å². The molecule has 112 valence electrons. The van der Waals surface area contributed by atoms with Gasteiger partial charge in [-0.1, -0.05) is 6.07 Å². The number of halogens is 1. The van der Waals surface area contributed by atoms with Crippen molar-refractivity contribution in [2.24, 2.45) is 0 Å². The van der Waals surface area contributed by atoms with Crippen molar-refractivity contribution >= 4 is 5.91 Å². The fourth-order valence-corrected chi connectivity index (χ4v) is 2.21. The van der Waals surface area contributed by atoms with Gasteiger partial charge in [-0.05, 0) is 33.8 Å². The second kappa shape index (κ2) is 7.24. The van der Waals surface area contributed by atoms with E-state index in [-0.39, 0.29) is 17.7 Å². The van der Waals surface area contributed by atoms with Crippen LogP contribution in [0, 0.1) is 5.82 Å². The Balaban J connectivity index is 2.74. The van der Waals surface area contributed by atoms with Crippen LogP contribution in [0.5, 0.6) is 5.75 Å². The molecule has 0 saturated carbocycles. The number of carbonyl (C=O) groups excluding carboxylic acids is 1. The molecule has 0 bridgehead atoms. The van der Waals surface area contributed by atoms with Gasteiger partial charge in [-0.2, -0.15) is 0 Å². The molecule has 0 aliphatic rings. The topological polar surface area (TPSA) is 52.6 Å². The highest BCUT2D eigenvalue weighted by atomic mass is 19.1. The van der Waals surface area contributed by atoms with Crippen LogP contribution in [-0.4, -0.2) is 35.0 Å². The van der Waals surface area contributed by atoms with Gasteiger partial charge >= 0.3 is 0 Å². The Hall–Kier alpha value is -1.62. The van der Waals surface area contributed by atoms with Gasteiger partial charge in [0, 0.05) is 30.8 Å². The molecule has 5 heteroatoms. The zero-order valence-corrected chi connectivity index (χ0v) is 12.5. The van der Waals surface area contributed by atoms with Crippen LogP contribution < -0.4 is 5.32 Å². The van der Waals surface area contributed by atoms with Crippen LogP contribution in [0.4, 0.5) is 4.39 Å². The number of likely N-dealkylation sites (N-methyl/N-ethyl adjacent to an activating group) is 1. The molecule has 2 unspecified atom stereocenters. The molecule has 0 heterocycles. The third kappa shape index (κ3) is 3.93. The van der Waals surface area contributed by atoms with Crippen LogP contribution in [0.25, 0.3) is 0 Å². The first-order chi connectivity index (χ1) is 9.40. The number of nitrogens with zero attached hydrogens (tertiary/aromatic N) is 1. The van der Waals surface area contributed by atoms with Crippen molar-refractivity contribution in [3.05, 3.63) is 29.6 Å². The van der Waals surface area contributed by atoms with Crippen molar-refractivity contribution in [3.63, 3.8) is 0 Å². The monoisotopic (exact) mass is 282 g/mol. The Morgan fingerprint density at radius 1 is 1.35 bits per heavy atom. The lowest BCUT2D eigenvalue weighted by Gasteiger charge is -2.26. The molecule has 20 heavy (non-hydrogen) atoms. The number of hydrogen-bond acceptors (Lipinski definition) is 3. The van der Waals surface area contributed by atoms with E-state index < -0.39 is 11.9 Å². The predicted molar refractivity (Wildman–Crippen MR) is 77.0 cm³/mol. The third-order valence-electron chi connectivity index (χ3n) is 3.40. The Morgan fingerprint density at radius 2 is 1.95 bits per heavy atom. The van der Waals surface area contributed by atoms with Gasteiger partial charge in [0.15, 0.2) is 0 Å². The largest absolute Gasteiger partial charge is 0.508 e. The van der Waals surface area contributed by atoms with Crippen molar-refractivity contribution in [1.82, 2.24) is 10.2 Å². The summed E-state index contributed by atoms with van der Waals surface area (Å²) >= 11 is 0. The maximum Gasteiger partial charge on any atom is 0.239 e. The molecule has 1 rings (SSSR count). The quantitative estimate of drug-likeness (QED) is 0.842. The molecule has 0 aliphatic heterocycles. The van der Waals surface area contributed by atoms with E-state index in [1.54, 1.807) is 18.7 Å². The molecule has 0 aliphatic carbocycles. The average Bonchev–Trinajstić information content (AvgIpc) is 2.39. The molecule has 1 amide bonds. The van der Waals surface area contributed by atoms with Crippen LogP contribution in [-0.2, 0) is 4.79 Å². The summed E-state index contributed by atoms with van der Waals surface area (Å²) < 4.78 is 13.7. The molecule has 2 atom stereocenters. The number of carbonyl (C=O) groups is 1. The molecule has 0 spiro atoms. The van der Waals surface area contributed by atoms with Gasteiger partial charge in [-0.15, -0.1) is 0 Å². The highest BCUT2D eigenvalue weighted by molar-refractivity contribution is 5.81. The summed E-state index contributed by atoms with van der Waals surface area (Å²) in [4.78, 5) is 13.9. The maximum absolute atomic E-state index is 13.7.